The van der Waals surface area contributed by atoms with Crippen molar-refractivity contribution >= 4 is 32.9 Å². The van der Waals surface area contributed by atoms with Gasteiger partial charge in [-0.2, -0.15) is 0 Å². The van der Waals surface area contributed by atoms with E-state index in [9.17, 15) is 18.0 Å². The van der Waals surface area contributed by atoms with Crippen molar-refractivity contribution in [1.29, 1.82) is 0 Å². The summed E-state index contributed by atoms with van der Waals surface area (Å²) in [5.41, 5.74) is 2.97. The SMILES string of the molecule is Cc1ccc2cc(C(=O)NS(=O)(=O)C[C@H]3CCCN(C(=O)OCc4ccccc4)C3)n(CCOc3ccccc3)c2c1. The van der Waals surface area contributed by atoms with Crippen molar-refractivity contribution in [3.63, 3.8) is 0 Å². The normalized spacial score (nSPS) is 15.4. The molecule has 0 bridgehead atoms. The molecule has 3 aromatic carbocycles. The molecule has 9 nitrogen and oxygen atoms in total. The van der Waals surface area contributed by atoms with E-state index in [1.54, 1.807) is 15.5 Å². The molecular formula is C32H35N3O6S. The maximum absolute atomic E-state index is 13.4. The lowest BCUT2D eigenvalue weighted by Gasteiger charge is -2.31. The van der Waals surface area contributed by atoms with Crippen molar-refractivity contribution in [2.75, 3.05) is 25.4 Å². The number of aryl methyl sites for hydroxylation is 1. The number of para-hydroxylation sites is 1. The van der Waals surface area contributed by atoms with Gasteiger partial charge in [-0.3, -0.25) is 4.79 Å². The first-order valence-corrected chi connectivity index (χ1v) is 15.7. The monoisotopic (exact) mass is 589 g/mol. The van der Waals surface area contributed by atoms with Crippen LogP contribution in [-0.4, -0.2) is 55.3 Å². The molecular weight excluding hydrogens is 554 g/mol. The summed E-state index contributed by atoms with van der Waals surface area (Å²) in [5.74, 6) is -0.568. The number of piperidine rings is 1. The summed E-state index contributed by atoms with van der Waals surface area (Å²) in [4.78, 5) is 27.6. The van der Waals surface area contributed by atoms with E-state index in [2.05, 4.69) is 4.72 Å². The van der Waals surface area contributed by atoms with Gasteiger partial charge in [-0.25, -0.2) is 17.9 Å². The van der Waals surface area contributed by atoms with Crippen LogP contribution in [0.2, 0.25) is 0 Å². The van der Waals surface area contributed by atoms with E-state index < -0.39 is 22.0 Å². The molecule has 10 heteroatoms. The summed E-state index contributed by atoms with van der Waals surface area (Å²) in [6.45, 7) is 3.52. The predicted molar refractivity (Wildman–Crippen MR) is 161 cm³/mol. The highest BCUT2D eigenvalue weighted by molar-refractivity contribution is 7.90. The Morgan fingerprint density at radius 3 is 2.48 bits per heavy atom. The zero-order valence-electron chi connectivity index (χ0n) is 23.6. The molecule has 0 spiro atoms. The topological polar surface area (TPSA) is 107 Å². The molecule has 1 N–H and O–H groups in total. The van der Waals surface area contributed by atoms with Crippen molar-refractivity contribution in [1.82, 2.24) is 14.2 Å². The number of sulfonamides is 1. The van der Waals surface area contributed by atoms with Crippen LogP contribution < -0.4 is 9.46 Å². The molecule has 1 aliphatic heterocycles. The quantitative estimate of drug-likeness (QED) is 0.275. The van der Waals surface area contributed by atoms with Gasteiger partial charge in [0.1, 0.15) is 24.7 Å². The van der Waals surface area contributed by atoms with Gasteiger partial charge in [0.15, 0.2) is 0 Å². The van der Waals surface area contributed by atoms with Crippen LogP contribution in [0.1, 0.15) is 34.5 Å². The van der Waals surface area contributed by atoms with Gasteiger partial charge in [-0.1, -0.05) is 60.7 Å². The van der Waals surface area contributed by atoms with Gasteiger partial charge in [0.25, 0.3) is 5.91 Å². The number of aromatic nitrogens is 1. The Morgan fingerprint density at radius 1 is 0.976 bits per heavy atom. The molecule has 0 unspecified atom stereocenters. The number of nitrogens with one attached hydrogen (secondary N) is 1. The Bertz CT molecular complexity index is 1640. The van der Waals surface area contributed by atoms with Crippen LogP contribution >= 0.6 is 0 Å². The van der Waals surface area contributed by atoms with Gasteiger partial charge in [0.2, 0.25) is 10.0 Å². The number of fused-ring (bicyclic) bond motifs is 1. The van der Waals surface area contributed by atoms with Crippen molar-refractivity contribution in [3.8, 4) is 5.75 Å². The minimum absolute atomic E-state index is 0.152. The first kappa shape index (κ1) is 29.2. The summed E-state index contributed by atoms with van der Waals surface area (Å²) < 4.78 is 41.6. The van der Waals surface area contributed by atoms with E-state index in [4.69, 9.17) is 9.47 Å². The number of rotatable bonds is 10. The molecule has 1 saturated heterocycles. The van der Waals surface area contributed by atoms with Crippen LogP contribution in [0, 0.1) is 12.8 Å². The Kier molecular flexibility index (Phi) is 9.12. The van der Waals surface area contributed by atoms with E-state index in [0.717, 1.165) is 22.0 Å². The van der Waals surface area contributed by atoms with E-state index in [-0.39, 0.29) is 30.5 Å². The molecule has 1 atom stereocenters. The second-order valence-electron chi connectivity index (χ2n) is 10.6. The van der Waals surface area contributed by atoms with E-state index >= 15 is 0 Å². The first-order chi connectivity index (χ1) is 20.3. The van der Waals surface area contributed by atoms with Crippen LogP contribution in [-0.2, 0) is 27.9 Å². The van der Waals surface area contributed by atoms with Crippen molar-refractivity contribution in [2.45, 2.75) is 32.9 Å². The number of carbonyl (C=O) groups is 2. The molecule has 0 saturated carbocycles. The zero-order valence-corrected chi connectivity index (χ0v) is 24.4. The summed E-state index contributed by atoms with van der Waals surface area (Å²) in [6.07, 6.45) is 0.819. The molecule has 2 amide bonds. The zero-order chi connectivity index (χ0) is 29.5. The lowest BCUT2D eigenvalue weighted by Crippen LogP contribution is -2.44. The molecule has 5 rings (SSSR count). The van der Waals surface area contributed by atoms with E-state index in [1.807, 2.05) is 85.8 Å². The van der Waals surface area contributed by atoms with Gasteiger partial charge < -0.3 is 18.9 Å². The molecule has 1 fully saturated rings. The lowest BCUT2D eigenvalue weighted by atomic mass is 10.0. The average Bonchev–Trinajstić information content (AvgIpc) is 3.34. The number of nitrogens with zero attached hydrogens (tertiary/aromatic N) is 2. The molecule has 2 heterocycles. The summed E-state index contributed by atoms with van der Waals surface area (Å²) in [6, 6.07) is 26.3. The first-order valence-electron chi connectivity index (χ1n) is 14.1. The maximum atomic E-state index is 13.4. The number of ether oxygens (including phenoxy) is 2. The highest BCUT2D eigenvalue weighted by atomic mass is 32.2. The summed E-state index contributed by atoms with van der Waals surface area (Å²) in [5, 5.41) is 0.833. The van der Waals surface area contributed by atoms with Crippen LogP contribution in [0.3, 0.4) is 0 Å². The molecule has 0 aliphatic carbocycles. The molecule has 4 aromatic rings. The maximum Gasteiger partial charge on any atom is 0.410 e. The molecule has 1 aromatic heterocycles. The number of hydrogen-bond acceptors (Lipinski definition) is 6. The van der Waals surface area contributed by atoms with Gasteiger partial charge in [-0.15, -0.1) is 0 Å². The lowest BCUT2D eigenvalue weighted by molar-refractivity contribution is 0.0811. The average molecular weight is 590 g/mol. The Morgan fingerprint density at radius 2 is 1.71 bits per heavy atom. The number of amides is 2. The number of benzene rings is 3. The second-order valence-corrected chi connectivity index (χ2v) is 12.4. The minimum atomic E-state index is -3.98. The highest BCUT2D eigenvalue weighted by Crippen LogP contribution is 2.23. The van der Waals surface area contributed by atoms with Gasteiger partial charge in [-0.05, 0) is 61.1 Å². The minimum Gasteiger partial charge on any atom is -0.492 e. The predicted octanol–water partition coefficient (Wildman–Crippen LogP) is 5.14. The van der Waals surface area contributed by atoms with Gasteiger partial charge in [0, 0.05) is 24.0 Å². The standard InChI is InChI=1S/C32H35N3O6S/c1-24-14-15-27-20-30(35(29(27)19-24)17-18-40-28-12-6-3-7-13-28)31(36)33-42(38,39)23-26-11-8-16-34(21-26)32(37)41-22-25-9-4-2-5-10-25/h2-7,9-10,12-15,19-20,26H,8,11,16-18,21-23H2,1H3,(H,33,36)/t26-/m0/s1. The third-order valence-corrected chi connectivity index (χ3v) is 8.71. The fourth-order valence-electron chi connectivity index (χ4n) is 5.29. The summed E-state index contributed by atoms with van der Waals surface area (Å²) >= 11 is 0. The van der Waals surface area contributed by atoms with Gasteiger partial charge in [0.05, 0.1) is 12.3 Å². The van der Waals surface area contributed by atoms with Crippen molar-refractivity contribution < 1.29 is 27.5 Å². The molecule has 42 heavy (non-hydrogen) atoms. The Labute approximate surface area is 246 Å². The number of likely N-dealkylation sites (tertiary alicyclic amines) is 1. The van der Waals surface area contributed by atoms with Crippen molar-refractivity contribution in [3.05, 3.63) is 102 Å². The third-order valence-electron chi connectivity index (χ3n) is 7.30. The van der Waals surface area contributed by atoms with Crippen LogP contribution in [0.4, 0.5) is 4.79 Å². The largest absolute Gasteiger partial charge is 0.492 e. The van der Waals surface area contributed by atoms with E-state index in [0.29, 0.717) is 38.3 Å². The number of carbonyl (C=O) groups excluding carboxylic acids is 2. The van der Waals surface area contributed by atoms with Gasteiger partial charge >= 0.3 is 6.09 Å². The fraction of sp³-hybridized carbons (Fsp3) is 0.312. The second kappa shape index (κ2) is 13.1. The van der Waals surface area contributed by atoms with Crippen LogP contribution in [0.15, 0.2) is 84.9 Å². The van der Waals surface area contributed by atoms with Crippen LogP contribution in [0.5, 0.6) is 5.75 Å². The summed E-state index contributed by atoms with van der Waals surface area (Å²) in [7, 11) is -3.98. The van der Waals surface area contributed by atoms with E-state index in [1.165, 1.54) is 0 Å². The molecule has 1 aliphatic rings. The molecule has 0 radical (unpaired) electrons. The number of hydrogen-bond donors (Lipinski definition) is 1. The Hall–Kier alpha value is -4.31. The smallest absolute Gasteiger partial charge is 0.410 e. The fourth-order valence-corrected chi connectivity index (χ4v) is 6.65. The van der Waals surface area contributed by atoms with Crippen molar-refractivity contribution in [2.24, 2.45) is 5.92 Å². The van der Waals surface area contributed by atoms with Crippen LogP contribution in [0.25, 0.3) is 10.9 Å². The third kappa shape index (κ3) is 7.50. The highest BCUT2D eigenvalue weighted by Gasteiger charge is 2.30. The Balaban J connectivity index is 1.23. The molecule has 220 valence electrons.